The van der Waals surface area contributed by atoms with Crippen molar-refractivity contribution < 1.29 is 4.79 Å². The lowest BCUT2D eigenvalue weighted by atomic mass is 10.1. The summed E-state index contributed by atoms with van der Waals surface area (Å²) in [6.45, 7) is 9.06. The Balaban J connectivity index is 1.49. The van der Waals surface area contributed by atoms with E-state index in [4.69, 9.17) is 0 Å². The zero-order chi connectivity index (χ0) is 16.2. The summed E-state index contributed by atoms with van der Waals surface area (Å²) in [7, 11) is 0. The predicted molar refractivity (Wildman–Crippen MR) is 95.0 cm³/mol. The fourth-order valence-electron chi connectivity index (χ4n) is 3.73. The lowest BCUT2D eigenvalue weighted by Gasteiger charge is -2.37. The molecule has 4 heteroatoms. The van der Waals surface area contributed by atoms with E-state index in [1.165, 1.54) is 29.7 Å². The van der Waals surface area contributed by atoms with Crippen molar-refractivity contribution >= 4 is 11.6 Å². The Labute approximate surface area is 139 Å². The zero-order valence-electron chi connectivity index (χ0n) is 14.5. The van der Waals surface area contributed by atoms with Crippen molar-refractivity contribution in [3.8, 4) is 0 Å². The van der Waals surface area contributed by atoms with Crippen LogP contribution in [0, 0.1) is 13.8 Å². The van der Waals surface area contributed by atoms with Gasteiger partial charge in [-0.2, -0.15) is 0 Å². The molecule has 1 atom stereocenters. The smallest absolute Gasteiger partial charge is 0.222 e. The van der Waals surface area contributed by atoms with Crippen molar-refractivity contribution in [1.29, 1.82) is 0 Å². The number of carbonyl (C=O) groups is 1. The van der Waals surface area contributed by atoms with Crippen LogP contribution in [0.3, 0.4) is 0 Å². The van der Waals surface area contributed by atoms with Gasteiger partial charge in [-0.05, 0) is 56.8 Å². The quantitative estimate of drug-likeness (QED) is 0.927. The summed E-state index contributed by atoms with van der Waals surface area (Å²) >= 11 is 0. The van der Waals surface area contributed by atoms with Crippen LogP contribution in [0.15, 0.2) is 18.2 Å². The van der Waals surface area contributed by atoms with E-state index in [1.54, 1.807) is 0 Å². The molecule has 3 rings (SSSR count). The Morgan fingerprint density at radius 3 is 2.70 bits per heavy atom. The van der Waals surface area contributed by atoms with Crippen molar-refractivity contribution in [2.75, 3.05) is 37.6 Å². The number of amides is 1. The van der Waals surface area contributed by atoms with Gasteiger partial charge in [0.15, 0.2) is 0 Å². The van der Waals surface area contributed by atoms with Gasteiger partial charge in [-0.1, -0.05) is 12.1 Å². The van der Waals surface area contributed by atoms with Gasteiger partial charge < -0.3 is 15.1 Å². The van der Waals surface area contributed by atoms with Crippen LogP contribution in [-0.2, 0) is 4.79 Å². The first kappa shape index (κ1) is 16.3. The number of hydrogen-bond donors (Lipinski definition) is 1. The molecule has 1 aromatic carbocycles. The molecule has 0 saturated carbocycles. The molecule has 2 aliphatic rings. The molecule has 1 amide bonds. The highest BCUT2D eigenvalue weighted by atomic mass is 16.2. The van der Waals surface area contributed by atoms with Crippen LogP contribution >= 0.6 is 0 Å². The maximum atomic E-state index is 12.4. The number of carbonyl (C=O) groups excluding carboxylic acids is 1. The van der Waals surface area contributed by atoms with Crippen molar-refractivity contribution in [3.63, 3.8) is 0 Å². The number of nitrogens with zero attached hydrogens (tertiary/aromatic N) is 2. The fraction of sp³-hybridized carbons (Fsp3) is 0.632. The molecule has 2 saturated heterocycles. The average molecular weight is 315 g/mol. The van der Waals surface area contributed by atoms with E-state index >= 15 is 0 Å². The molecule has 4 nitrogen and oxygen atoms in total. The third-order valence-electron chi connectivity index (χ3n) is 5.42. The predicted octanol–water partition coefficient (Wildman–Crippen LogP) is 2.48. The normalized spacial score (nSPS) is 21.7. The van der Waals surface area contributed by atoms with Gasteiger partial charge in [-0.3, -0.25) is 4.79 Å². The largest absolute Gasteiger partial charge is 0.368 e. The third kappa shape index (κ3) is 3.86. The molecule has 2 aliphatic heterocycles. The Morgan fingerprint density at radius 1 is 1.22 bits per heavy atom. The molecule has 0 aromatic heterocycles. The SMILES string of the molecule is Cc1cccc(N2CCN(C(=O)CCC3CCCN3)CC2)c1C. The van der Waals surface area contributed by atoms with Gasteiger partial charge in [-0.25, -0.2) is 0 Å². The topological polar surface area (TPSA) is 35.6 Å². The summed E-state index contributed by atoms with van der Waals surface area (Å²) in [5.74, 6) is 0.333. The van der Waals surface area contributed by atoms with Crippen LogP contribution in [0.4, 0.5) is 5.69 Å². The second kappa shape index (κ2) is 7.35. The van der Waals surface area contributed by atoms with E-state index in [2.05, 4.69) is 47.2 Å². The maximum Gasteiger partial charge on any atom is 0.222 e. The molecular weight excluding hydrogens is 286 g/mol. The fourth-order valence-corrected chi connectivity index (χ4v) is 3.73. The summed E-state index contributed by atoms with van der Waals surface area (Å²) < 4.78 is 0. The van der Waals surface area contributed by atoms with Crippen LogP contribution < -0.4 is 10.2 Å². The summed E-state index contributed by atoms with van der Waals surface area (Å²) in [4.78, 5) is 16.9. The van der Waals surface area contributed by atoms with Gasteiger partial charge in [0.2, 0.25) is 5.91 Å². The van der Waals surface area contributed by atoms with Crippen molar-refractivity contribution in [2.45, 2.75) is 45.6 Å². The first-order valence-corrected chi connectivity index (χ1v) is 8.97. The molecule has 23 heavy (non-hydrogen) atoms. The summed E-state index contributed by atoms with van der Waals surface area (Å²) in [6, 6.07) is 7.06. The summed E-state index contributed by atoms with van der Waals surface area (Å²) in [5, 5.41) is 3.48. The van der Waals surface area contributed by atoms with Crippen molar-refractivity contribution in [1.82, 2.24) is 10.2 Å². The van der Waals surface area contributed by atoms with E-state index in [0.29, 0.717) is 18.4 Å². The minimum Gasteiger partial charge on any atom is -0.368 e. The van der Waals surface area contributed by atoms with E-state index < -0.39 is 0 Å². The number of piperazine rings is 1. The van der Waals surface area contributed by atoms with Gasteiger partial charge >= 0.3 is 0 Å². The highest BCUT2D eigenvalue weighted by molar-refractivity contribution is 5.76. The third-order valence-corrected chi connectivity index (χ3v) is 5.42. The first-order valence-electron chi connectivity index (χ1n) is 8.97. The van der Waals surface area contributed by atoms with E-state index in [1.807, 2.05) is 0 Å². The van der Waals surface area contributed by atoms with Gasteiger partial charge in [0, 0.05) is 44.3 Å². The molecule has 2 heterocycles. The number of anilines is 1. The van der Waals surface area contributed by atoms with Crippen molar-refractivity contribution in [3.05, 3.63) is 29.3 Å². The Kier molecular flexibility index (Phi) is 5.21. The Morgan fingerprint density at radius 2 is 2.00 bits per heavy atom. The van der Waals surface area contributed by atoms with Crippen LogP contribution in [0.5, 0.6) is 0 Å². The number of nitrogens with one attached hydrogen (secondary N) is 1. The zero-order valence-corrected chi connectivity index (χ0v) is 14.5. The van der Waals surface area contributed by atoms with Gasteiger partial charge in [0.25, 0.3) is 0 Å². The summed E-state index contributed by atoms with van der Waals surface area (Å²) in [5.41, 5.74) is 4.02. The standard InChI is InChI=1S/C19H29N3O/c1-15-5-3-7-18(16(15)2)21-11-13-22(14-12-21)19(23)9-8-17-6-4-10-20-17/h3,5,7,17,20H,4,6,8-14H2,1-2H3. The number of benzene rings is 1. The first-order chi connectivity index (χ1) is 11.1. The van der Waals surface area contributed by atoms with Crippen LogP contribution in [0.1, 0.15) is 36.8 Å². The number of rotatable bonds is 4. The molecule has 1 aromatic rings. The highest BCUT2D eigenvalue weighted by Gasteiger charge is 2.23. The van der Waals surface area contributed by atoms with Gasteiger partial charge in [0.1, 0.15) is 0 Å². The second-order valence-electron chi connectivity index (χ2n) is 6.92. The van der Waals surface area contributed by atoms with E-state index in [-0.39, 0.29) is 0 Å². The van der Waals surface area contributed by atoms with Gasteiger partial charge in [0.05, 0.1) is 0 Å². The van der Waals surface area contributed by atoms with Gasteiger partial charge in [-0.15, -0.1) is 0 Å². The van der Waals surface area contributed by atoms with Crippen LogP contribution in [0.25, 0.3) is 0 Å². The van der Waals surface area contributed by atoms with Crippen LogP contribution in [0.2, 0.25) is 0 Å². The molecule has 0 aliphatic carbocycles. The molecule has 1 N–H and O–H groups in total. The minimum absolute atomic E-state index is 0.333. The lowest BCUT2D eigenvalue weighted by molar-refractivity contribution is -0.131. The van der Waals surface area contributed by atoms with E-state index in [9.17, 15) is 4.79 Å². The molecule has 2 fully saturated rings. The highest BCUT2D eigenvalue weighted by Crippen LogP contribution is 2.24. The second-order valence-corrected chi connectivity index (χ2v) is 6.92. The molecule has 0 radical (unpaired) electrons. The molecular formula is C19H29N3O. The number of hydrogen-bond acceptors (Lipinski definition) is 3. The monoisotopic (exact) mass is 315 g/mol. The Hall–Kier alpha value is -1.55. The number of aryl methyl sites for hydroxylation is 1. The molecule has 0 spiro atoms. The average Bonchev–Trinajstić information content (AvgIpc) is 3.09. The molecule has 0 bridgehead atoms. The maximum absolute atomic E-state index is 12.4. The molecule has 126 valence electrons. The summed E-state index contributed by atoms with van der Waals surface area (Å²) in [6.07, 6.45) is 4.18. The Bertz CT molecular complexity index is 544. The minimum atomic E-state index is 0.333. The molecule has 1 unspecified atom stereocenters. The van der Waals surface area contributed by atoms with E-state index in [0.717, 1.165) is 39.1 Å². The van der Waals surface area contributed by atoms with Crippen molar-refractivity contribution in [2.24, 2.45) is 0 Å². The van der Waals surface area contributed by atoms with Crippen LogP contribution in [-0.4, -0.2) is 49.6 Å². The lowest BCUT2D eigenvalue weighted by Crippen LogP contribution is -2.49.